The van der Waals surface area contributed by atoms with Crippen molar-refractivity contribution >= 4 is 29.9 Å². The van der Waals surface area contributed by atoms with Crippen LogP contribution in [0, 0.1) is 17.5 Å². The Morgan fingerprint density at radius 1 is 1.04 bits per heavy atom. The molecule has 0 unspecified atom stereocenters. The summed E-state index contributed by atoms with van der Waals surface area (Å²) in [5.74, 6) is -1.56. The van der Waals surface area contributed by atoms with Gasteiger partial charge in [-0.2, -0.15) is 0 Å². The van der Waals surface area contributed by atoms with Gasteiger partial charge in [0, 0.05) is 13.1 Å². The van der Waals surface area contributed by atoms with Gasteiger partial charge < -0.3 is 15.7 Å². The van der Waals surface area contributed by atoms with Gasteiger partial charge in [-0.15, -0.1) is 24.0 Å². The number of rotatable bonds is 6. The zero-order valence-corrected chi connectivity index (χ0v) is 16.6. The molecule has 0 aliphatic heterocycles. The van der Waals surface area contributed by atoms with Crippen LogP contribution < -0.4 is 10.6 Å². The van der Waals surface area contributed by atoms with E-state index in [1.807, 2.05) is 6.92 Å². The molecule has 0 aromatic heterocycles. The predicted octanol–water partition coefficient (Wildman–Crippen LogP) is 3.73. The standard InChI is InChI=1S/C18H20F3N3O.HI/c1-2-22-18(24-11-12-3-6-17(25)16(21)9-12)23-8-7-13-10-14(19)4-5-15(13)20;/h3-6,9-10,25H,2,7-8,11H2,1H3,(H2,22,23,24);1H. The number of halogens is 4. The minimum absolute atomic E-state index is 0. The highest BCUT2D eigenvalue weighted by Gasteiger charge is 2.05. The molecule has 0 saturated heterocycles. The van der Waals surface area contributed by atoms with Gasteiger partial charge in [0.25, 0.3) is 0 Å². The third kappa shape index (κ3) is 6.74. The van der Waals surface area contributed by atoms with Crippen LogP contribution in [0.1, 0.15) is 18.1 Å². The van der Waals surface area contributed by atoms with E-state index < -0.39 is 23.2 Å². The van der Waals surface area contributed by atoms with E-state index in [2.05, 4.69) is 15.6 Å². The van der Waals surface area contributed by atoms with Crippen molar-refractivity contribution in [3.8, 4) is 5.75 Å². The van der Waals surface area contributed by atoms with Crippen LogP contribution in [-0.4, -0.2) is 24.2 Å². The van der Waals surface area contributed by atoms with Gasteiger partial charge in [-0.1, -0.05) is 6.07 Å². The normalized spacial score (nSPS) is 11.0. The number of benzene rings is 2. The molecule has 0 saturated carbocycles. The summed E-state index contributed by atoms with van der Waals surface area (Å²) in [4.78, 5) is 4.30. The first-order chi connectivity index (χ1) is 12.0. The average molecular weight is 479 g/mol. The lowest BCUT2D eigenvalue weighted by Crippen LogP contribution is -2.38. The van der Waals surface area contributed by atoms with Crippen LogP contribution in [0.2, 0.25) is 0 Å². The summed E-state index contributed by atoms with van der Waals surface area (Å²) in [5.41, 5.74) is 0.882. The van der Waals surface area contributed by atoms with E-state index in [-0.39, 0.29) is 36.1 Å². The lowest BCUT2D eigenvalue weighted by atomic mass is 10.1. The Hall–Kier alpha value is -1.97. The number of guanidine groups is 1. The summed E-state index contributed by atoms with van der Waals surface area (Å²) < 4.78 is 40.1. The van der Waals surface area contributed by atoms with Crippen LogP contribution in [0.15, 0.2) is 41.4 Å². The molecule has 26 heavy (non-hydrogen) atoms. The van der Waals surface area contributed by atoms with Gasteiger partial charge in [0.2, 0.25) is 0 Å². The van der Waals surface area contributed by atoms with Crippen molar-refractivity contribution in [1.29, 1.82) is 0 Å². The van der Waals surface area contributed by atoms with Crippen molar-refractivity contribution in [3.63, 3.8) is 0 Å². The molecular weight excluding hydrogens is 458 g/mol. The highest BCUT2D eigenvalue weighted by atomic mass is 127. The number of nitrogens with one attached hydrogen (secondary N) is 2. The highest BCUT2D eigenvalue weighted by molar-refractivity contribution is 14.0. The first-order valence-electron chi connectivity index (χ1n) is 7.93. The third-order valence-corrected chi connectivity index (χ3v) is 3.47. The molecule has 2 rings (SSSR count). The summed E-state index contributed by atoms with van der Waals surface area (Å²) in [5, 5.41) is 15.2. The molecule has 0 aliphatic rings. The molecule has 8 heteroatoms. The van der Waals surface area contributed by atoms with Gasteiger partial charge in [-0.3, -0.25) is 0 Å². The van der Waals surface area contributed by atoms with Crippen molar-refractivity contribution in [2.75, 3.05) is 13.1 Å². The summed E-state index contributed by atoms with van der Waals surface area (Å²) in [6.45, 7) is 3.07. The van der Waals surface area contributed by atoms with Gasteiger partial charge in [-0.25, -0.2) is 18.2 Å². The third-order valence-electron chi connectivity index (χ3n) is 3.47. The zero-order chi connectivity index (χ0) is 18.2. The van der Waals surface area contributed by atoms with Gasteiger partial charge in [-0.05, 0) is 54.8 Å². The van der Waals surface area contributed by atoms with Crippen molar-refractivity contribution in [3.05, 3.63) is 65.0 Å². The number of phenolic OH excluding ortho intramolecular Hbond substituents is 1. The molecule has 3 N–H and O–H groups in total. The average Bonchev–Trinajstić information content (AvgIpc) is 2.58. The minimum Gasteiger partial charge on any atom is -0.505 e. The number of hydrogen-bond acceptors (Lipinski definition) is 2. The van der Waals surface area contributed by atoms with E-state index in [9.17, 15) is 18.3 Å². The molecule has 4 nitrogen and oxygen atoms in total. The Balaban J connectivity index is 0.00000338. The van der Waals surface area contributed by atoms with Crippen molar-refractivity contribution in [1.82, 2.24) is 10.6 Å². The van der Waals surface area contributed by atoms with E-state index in [4.69, 9.17) is 0 Å². The molecule has 0 radical (unpaired) electrons. The molecule has 0 aliphatic carbocycles. The monoisotopic (exact) mass is 479 g/mol. The fourth-order valence-electron chi connectivity index (χ4n) is 2.21. The Bertz CT molecular complexity index is 756. The molecule has 2 aromatic carbocycles. The first kappa shape index (κ1) is 22.1. The second-order valence-corrected chi connectivity index (χ2v) is 5.39. The number of aromatic hydroxyl groups is 1. The fourth-order valence-corrected chi connectivity index (χ4v) is 2.21. The zero-order valence-electron chi connectivity index (χ0n) is 14.2. The summed E-state index contributed by atoms with van der Waals surface area (Å²) in [6.07, 6.45) is 0.293. The molecule has 0 heterocycles. The van der Waals surface area contributed by atoms with E-state index in [1.54, 1.807) is 6.07 Å². The van der Waals surface area contributed by atoms with E-state index >= 15 is 0 Å². The molecule has 0 bridgehead atoms. The van der Waals surface area contributed by atoms with E-state index in [0.717, 1.165) is 12.1 Å². The lowest BCUT2D eigenvalue weighted by molar-refractivity contribution is 0.432. The van der Waals surface area contributed by atoms with Gasteiger partial charge in [0.15, 0.2) is 17.5 Å². The topological polar surface area (TPSA) is 56.7 Å². The maximum atomic E-state index is 13.6. The van der Waals surface area contributed by atoms with Gasteiger partial charge in [0.1, 0.15) is 11.6 Å². The van der Waals surface area contributed by atoms with E-state index in [0.29, 0.717) is 31.0 Å². The van der Waals surface area contributed by atoms with Crippen molar-refractivity contribution in [2.24, 2.45) is 4.99 Å². The van der Waals surface area contributed by atoms with Crippen LogP contribution in [-0.2, 0) is 13.0 Å². The summed E-state index contributed by atoms with van der Waals surface area (Å²) in [7, 11) is 0. The van der Waals surface area contributed by atoms with Crippen molar-refractivity contribution in [2.45, 2.75) is 19.9 Å². The SMILES string of the molecule is CCNC(=NCc1ccc(O)c(F)c1)NCCc1cc(F)ccc1F.I. The molecule has 0 fully saturated rings. The molecule has 0 atom stereocenters. The van der Waals surface area contributed by atoms with Crippen LogP contribution in [0.3, 0.4) is 0 Å². The van der Waals surface area contributed by atoms with E-state index in [1.165, 1.54) is 18.2 Å². The maximum absolute atomic E-state index is 13.6. The minimum atomic E-state index is -0.702. The lowest BCUT2D eigenvalue weighted by Gasteiger charge is -2.12. The first-order valence-corrected chi connectivity index (χ1v) is 7.93. The predicted molar refractivity (Wildman–Crippen MR) is 106 cm³/mol. The number of nitrogens with zero attached hydrogens (tertiary/aromatic N) is 1. The Morgan fingerprint density at radius 3 is 2.50 bits per heavy atom. The molecular formula is C18H21F3IN3O. The maximum Gasteiger partial charge on any atom is 0.191 e. The molecule has 0 amide bonds. The number of phenols is 1. The van der Waals surface area contributed by atoms with Crippen LogP contribution in [0.5, 0.6) is 5.75 Å². The highest BCUT2D eigenvalue weighted by Crippen LogP contribution is 2.16. The van der Waals surface area contributed by atoms with Crippen LogP contribution >= 0.6 is 24.0 Å². The Kier molecular flexibility index (Phi) is 9.25. The summed E-state index contributed by atoms with van der Waals surface area (Å²) >= 11 is 0. The second kappa shape index (κ2) is 10.9. The molecule has 2 aromatic rings. The van der Waals surface area contributed by atoms with Crippen LogP contribution in [0.4, 0.5) is 13.2 Å². The largest absolute Gasteiger partial charge is 0.505 e. The Morgan fingerprint density at radius 2 is 1.81 bits per heavy atom. The quantitative estimate of drug-likeness (QED) is 0.337. The number of aliphatic imine (C=N–C) groups is 1. The number of hydrogen-bond donors (Lipinski definition) is 3. The van der Waals surface area contributed by atoms with Crippen molar-refractivity contribution < 1.29 is 18.3 Å². The molecule has 142 valence electrons. The van der Waals surface area contributed by atoms with Crippen LogP contribution in [0.25, 0.3) is 0 Å². The van der Waals surface area contributed by atoms with Gasteiger partial charge >= 0.3 is 0 Å². The summed E-state index contributed by atoms with van der Waals surface area (Å²) in [6, 6.07) is 7.41. The Labute approximate surface area is 167 Å². The second-order valence-electron chi connectivity index (χ2n) is 5.39. The fraction of sp³-hybridized carbons (Fsp3) is 0.278. The van der Waals surface area contributed by atoms with Gasteiger partial charge in [0.05, 0.1) is 6.54 Å². The smallest absolute Gasteiger partial charge is 0.191 e. The molecule has 0 spiro atoms.